The summed E-state index contributed by atoms with van der Waals surface area (Å²) in [5.41, 5.74) is 3.74. The normalized spacial score (nSPS) is 19.8. The molecule has 1 atom stereocenters. The molecule has 2 aliphatic rings. The third-order valence-corrected chi connectivity index (χ3v) is 7.09. The van der Waals surface area contributed by atoms with E-state index in [1.165, 1.54) is 22.5 Å². The Morgan fingerprint density at radius 1 is 1.11 bits per heavy atom. The number of fused-ring (bicyclic) bond motifs is 1. The number of rotatable bonds is 3. The van der Waals surface area contributed by atoms with Crippen LogP contribution in [0.1, 0.15) is 32.9 Å². The molecule has 1 fully saturated rings. The zero-order valence-electron chi connectivity index (χ0n) is 16.0. The summed E-state index contributed by atoms with van der Waals surface area (Å²) in [5.74, 6) is 0.133. The largest absolute Gasteiger partial charge is 0.336 e. The number of hydrogen-bond acceptors (Lipinski definition) is 4. The summed E-state index contributed by atoms with van der Waals surface area (Å²) in [4.78, 5) is 23.1. The molecule has 4 heterocycles. The van der Waals surface area contributed by atoms with Crippen LogP contribution in [0.25, 0.3) is 5.13 Å². The van der Waals surface area contributed by atoms with Crippen LogP contribution in [0.15, 0.2) is 48.8 Å². The number of nitrogens with zero attached hydrogens (tertiary/aromatic N) is 4. The lowest BCUT2D eigenvalue weighted by molar-refractivity contribution is 0.0777. The number of carbonyl (C=O) groups is 1. The van der Waals surface area contributed by atoms with Gasteiger partial charge in [-0.25, -0.2) is 4.98 Å². The fourth-order valence-electron chi connectivity index (χ4n) is 4.35. The van der Waals surface area contributed by atoms with E-state index < -0.39 is 0 Å². The highest BCUT2D eigenvalue weighted by Crippen LogP contribution is 2.28. The van der Waals surface area contributed by atoms with Crippen molar-refractivity contribution in [3.63, 3.8) is 0 Å². The minimum absolute atomic E-state index is 0.133. The molecule has 5 rings (SSSR count). The second-order valence-electron chi connectivity index (χ2n) is 7.68. The van der Waals surface area contributed by atoms with Gasteiger partial charge in [-0.15, -0.1) is 0 Å². The molecule has 2 aromatic heterocycles. The monoisotopic (exact) mass is 392 g/mol. The maximum atomic E-state index is 13.1. The molecule has 1 aromatic carbocycles. The van der Waals surface area contributed by atoms with Crippen LogP contribution in [0, 0.1) is 6.92 Å². The van der Waals surface area contributed by atoms with Crippen LogP contribution in [-0.2, 0) is 13.0 Å². The smallest absolute Gasteiger partial charge is 0.265 e. The van der Waals surface area contributed by atoms with Crippen molar-refractivity contribution in [1.82, 2.24) is 19.4 Å². The maximum Gasteiger partial charge on any atom is 0.265 e. The molecule has 1 saturated heterocycles. The standard InChI is InChI=1S/C22H24N4OS/c1-16-20(28-22(23-16)24-10-4-5-11-24)21(27)26-13-9-19(15-26)25-12-8-17-6-2-3-7-18(17)14-25/h2-7,10-11,19H,8-9,12-15H2,1H3/t19-/m1/s1. The van der Waals surface area contributed by atoms with Crippen molar-refractivity contribution in [2.24, 2.45) is 0 Å². The summed E-state index contributed by atoms with van der Waals surface area (Å²) in [6.45, 7) is 5.67. The van der Waals surface area contributed by atoms with E-state index in [4.69, 9.17) is 0 Å². The van der Waals surface area contributed by atoms with E-state index in [1.807, 2.05) is 40.9 Å². The molecule has 144 valence electrons. The van der Waals surface area contributed by atoms with Gasteiger partial charge < -0.3 is 9.47 Å². The molecule has 0 unspecified atom stereocenters. The van der Waals surface area contributed by atoms with Crippen molar-refractivity contribution in [2.45, 2.75) is 32.4 Å². The van der Waals surface area contributed by atoms with Crippen LogP contribution < -0.4 is 0 Å². The van der Waals surface area contributed by atoms with Gasteiger partial charge in [0.2, 0.25) is 0 Å². The molecule has 2 aliphatic heterocycles. The van der Waals surface area contributed by atoms with Gasteiger partial charge in [0.05, 0.1) is 5.69 Å². The second kappa shape index (κ2) is 7.18. The predicted molar refractivity (Wildman–Crippen MR) is 111 cm³/mol. The Kier molecular flexibility index (Phi) is 4.53. The van der Waals surface area contributed by atoms with Gasteiger partial charge in [-0.05, 0) is 43.0 Å². The lowest BCUT2D eigenvalue weighted by Crippen LogP contribution is -2.41. The van der Waals surface area contributed by atoms with Crippen molar-refractivity contribution >= 4 is 17.2 Å². The number of amides is 1. The summed E-state index contributed by atoms with van der Waals surface area (Å²) in [6.07, 6.45) is 6.09. The zero-order valence-corrected chi connectivity index (χ0v) is 16.9. The van der Waals surface area contributed by atoms with E-state index in [0.29, 0.717) is 6.04 Å². The lowest BCUT2D eigenvalue weighted by Gasteiger charge is -2.33. The number of aromatic nitrogens is 2. The average Bonchev–Trinajstić information content (AvgIpc) is 3.47. The Morgan fingerprint density at radius 2 is 1.89 bits per heavy atom. The van der Waals surface area contributed by atoms with Crippen LogP contribution >= 0.6 is 11.3 Å². The van der Waals surface area contributed by atoms with E-state index >= 15 is 0 Å². The number of hydrogen-bond donors (Lipinski definition) is 0. The topological polar surface area (TPSA) is 41.4 Å². The molecule has 0 bridgehead atoms. The highest BCUT2D eigenvalue weighted by Gasteiger charge is 2.33. The van der Waals surface area contributed by atoms with Gasteiger partial charge in [-0.1, -0.05) is 35.6 Å². The van der Waals surface area contributed by atoms with E-state index in [9.17, 15) is 4.79 Å². The minimum Gasteiger partial charge on any atom is -0.336 e. The Labute approximate surface area is 169 Å². The summed E-state index contributed by atoms with van der Waals surface area (Å²) in [6, 6.07) is 13.1. The number of benzene rings is 1. The summed E-state index contributed by atoms with van der Waals surface area (Å²) < 4.78 is 1.96. The number of carbonyl (C=O) groups excluding carboxylic acids is 1. The molecule has 5 nitrogen and oxygen atoms in total. The van der Waals surface area contributed by atoms with Gasteiger partial charge in [0.1, 0.15) is 4.88 Å². The van der Waals surface area contributed by atoms with Gasteiger partial charge in [0, 0.05) is 44.6 Å². The fraction of sp³-hybridized carbons (Fsp3) is 0.364. The third kappa shape index (κ3) is 3.16. The number of aryl methyl sites for hydroxylation is 1. The molecule has 3 aromatic rings. The molecule has 0 saturated carbocycles. The minimum atomic E-state index is 0.133. The van der Waals surface area contributed by atoms with Gasteiger partial charge in [0.25, 0.3) is 5.91 Å². The molecule has 0 spiro atoms. The molecule has 0 aliphatic carbocycles. The Hall–Kier alpha value is -2.44. The molecule has 1 amide bonds. The fourth-order valence-corrected chi connectivity index (χ4v) is 5.35. The number of likely N-dealkylation sites (tertiary alicyclic amines) is 1. The summed E-state index contributed by atoms with van der Waals surface area (Å²) >= 11 is 1.49. The Bertz CT molecular complexity index is 994. The molecular formula is C22H24N4OS. The first-order valence-electron chi connectivity index (χ1n) is 9.90. The third-order valence-electron chi connectivity index (χ3n) is 5.93. The van der Waals surface area contributed by atoms with Crippen molar-refractivity contribution < 1.29 is 4.79 Å². The van der Waals surface area contributed by atoms with Gasteiger partial charge >= 0.3 is 0 Å². The molecule has 28 heavy (non-hydrogen) atoms. The van der Waals surface area contributed by atoms with Crippen LogP contribution in [0.4, 0.5) is 0 Å². The Morgan fingerprint density at radius 3 is 2.71 bits per heavy atom. The van der Waals surface area contributed by atoms with Gasteiger partial charge in [-0.3, -0.25) is 9.69 Å². The first kappa shape index (κ1) is 17.6. The van der Waals surface area contributed by atoms with E-state index in [-0.39, 0.29) is 5.91 Å². The van der Waals surface area contributed by atoms with Gasteiger partial charge in [0.15, 0.2) is 5.13 Å². The summed E-state index contributed by atoms with van der Waals surface area (Å²) in [5, 5.41) is 0.856. The highest BCUT2D eigenvalue weighted by molar-refractivity contribution is 7.16. The van der Waals surface area contributed by atoms with E-state index in [0.717, 1.165) is 54.7 Å². The van der Waals surface area contributed by atoms with Crippen molar-refractivity contribution in [3.8, 4) is 5.13 Å². The highest BCUT2D eigenvalue weighted by atomic mass is 32.1. The SMILES string of the molecule is Cc1nc(-n2cccc2)sc1C(=O)N1CC[C@@H](N2CCc3ccccc3C2)C1. The van der Waals surface area contributed by atoms with Crippen LogP contribution in [0.2, 0.25) is 0 Å². The van der Waals surface area contributed by atoms with Gasteiger partial charge in [-0.2, -0.15) is 0 Å². The zero-order chi connectivity index (χ0) is 19.1. The van der Waals surface area contributed by atoms with E-state index in [1.54, 1.807) is 0 Å². The molecule has 0 N–H and O–H groups in total. The van der Waals surface area contributed by atoms with E-state index in [2.05, 4.69) is 34.1 Å². The van der Waals surface area contributed by atoms with Crippen molar-refractivity contribution in [2.75, 3.05) is 19.6 Å². The quantitative estimate of drug-likeness (QED) is 0.685. The number of thiazole rings is 1. The first-order valence-corrected chi connectivity index (χ1v) is 10.7. The van der Waals surface area contributed by atoms with Crippen LogP contribution in [-0.4, -0.2) is 50.9 Å². The molecule has 0 radical (unpaired) electrons. The predicted octanol–water partition coefficient (Wildman–Crippen LogP) is 3.52. The van der Waals surface area contributed by atoms with Crippen LogP contribution in [0.3, 0.4) is 0 Å². The molecular weight excluding hydrogens is 368 g/mol. The summed E-state index contributed by atoms with van der Waals surface area (Å²) in [7, 11) is 0. The Balaban J connectivity index is 1.28. The van der Waals surface area contributed by atoms with Crippen molar-refractivity contribution in [1.29, 1.82) is 0 Å². The lowest BCUT2D eigenvalue weighted by atomic mass is 9.98. The first-order chi connectivity index (χ1) is 13.7. The maximum absolute atomic E-state index is 13.1. The second-order valence-corrected chi connectivity index (χ2v) is 8.66. The average molecular weight is 393 g/mol. The van der Waals surface area contributed by atoms with Crippen molar-refractivity contribution in [3.05, 3.63) is 70.5 Å². The molecule has 6 heteroatoms. The van der Waals surface area contributed by atoms with Crippen LogP contribution in [0.5, 0.6) is 0 Å².